The molecule has 26 heavy (non-hydrogen) atoms. The first-order chi connectivity index (χ1) is 12.3. The number of benzene rings is 2. The van der Waals surface area contributed by atoms with Gasteiger partial charge in [-0.15, -0.1) is 0 Å². The van der Waals surface area contributed by atoms with Crippen molar-refractivity contribution in [2.75, 3.05) is 30.9 Å². The second-order valence-electron chi connectivity index (χ2n) is 5.94. The first kappa shape index (κ1) is 19.5. The Morgan fingerprint density at radius 2 is 1.85 bits per heavy atom. The van der Waals surface area contributed by atoms with E-state index in [1.54, 1.807) is 24.3 Å². The Balaban J connectivity index is 1.81. The van der Waals surface area contributed by atoms with Gasteiger partial charge in [-0.25, -0.2) is 4.79 Å². The second kappa shape index (κ2) is 9.06. The number of amides is 1. The Labute approximate surface area is 158 Å². The first-order valence-electron chi connectivity index (χ1n) is 8.03. The predicted octanol–water partition coefficient (Wildman–Crippen LogP) is 3.91. The summed E-state index contributed by atoms with van der Waals surface area (Å²) < 4.78 is 4.93. The fourth-order valence-corrected chi connectivity index (χ4v) is 2.29. The molecule has 2 aromatic carbocycles. The molecule has 1 N–H and O–H groups in total. The van der Waals surface area contributed by atoms with Gasteiger partial charge in [0.15, 0.2) is 6.61 Å². The van der Waals surface area contributed by atoms with Crippen molar-refractivity contribution in [3.63, 3.8) is 0 Å². The van der Waals surface area contributed by atoms with Crippen molar-refractivity contribution < 1.29 is 14.3 Å². The third-order valence-electron chi connectivity index (χ3n) is 3.62. The number of carbonyl (C=O) groups is 2. The van der Waals surface area contributed by atoms with E-state index in [2.05, 4.69) is 5.32 Å². The summed E-state index contributed by atoms with van der Waals surface area (Å²) in [6.45, 7) is 1.55. The van der Waals surface area contributed by atoms with E-state index >= 15 is 0 Å². The molecule has 0 heterocycles. The number of nitrogens with zero attached hydrogens (tertiary/aromatic N) is 1. The van der Waals surface area contributed by atoms with Crippen LogP contribution in [0.4, 0.5) is 11.4 Å². The van der Waals surface area contributed by atoms with Gasteiger partial charge in [0.05, 0.1) is 0 Å². The van der Waals surface area contributed by atoms with Gasteiger partial charge in [-0.3, -0.25) is 4.79 Å². The second-order valence-corrected chi connectivity index (χ2v) is 6.35. The zero-order valence-electron chi connectivity index (χ0n) is 15.0. The van der Waals surface area contributed by atoms with E-state index < -0.39 is 11.9 Å². The lowest BCUT2D eigenvalue weighted by Crippen LogP contribution is -2.20. The number of esters is 1. The SMILES string of the molecule is Cc1ccc(/C=C/C(=O)OCC(=O)Nc2ccc(N(C)C)cc2)cc1Cl. The van der Waals surface area contributed by atoms with Crippen LogP contribution >= 0.6 is 11.6 Å². The van der Waals surface area contributed by atoms with E-state index in [9.17, 15) is 9.59 Å². The largest absolute Gasteiger partial charge is 0.452 e. The highest BCUT2D eigenvalue weighted by molar-refractivity contribution is 6.31. The van der Waals surface area contributed by atoms with E-state index in [1.165, 1.54) is 6.08 Å². The van der Waals surface area contributed by atoms with Crippen LogP contribution in [0.2, 0.25) is 5.02 Å². The normalized spacial score (nSPS) is 10.6. The van der Waals surface area contributed by atoms with Crippen molar-refractivity contribution in [2.24, 2.45) is 0 Å². The van der Waals surface area contributed by atoms with Crippen LogP contribution in [0.1, 0.15) is 11.1 Å². The van der Waals surface area contributed by atoms with Crippen LogP contribution in [0.5, 0.6) is 0 Å². The van der Waals surface area contributed by atoms with E-state index in [1.807, 2.05) is 50.2 Å². The molecule has 0 atom stereocenters. The Bertz CT molecular complexity index is 814. The maximum Gasteiger partial charge on any atom is 0.331 e. The highest BCUT2D eigenvalue weighted by Gasteiger charge is 2.06. The predicted molar refractivity (Wildman–Crippen MR) is 106 cm³/mol. The van der Waals surface area contributed by atoms with Crippen molar-refractivity contribution in [1.29, 1.82) is 0 Å². The molecule has 0 aliphatic heterocycles. The molecule has 2 rings (SSSR count). The molecule has 0 saturated heterocycles. The maximum absolute atomic E-state index is 11.9. The van der Waals surface area contributed by atoms with Crippen LogP contribution in [-0.4, -0.2) is 32.6 Å². The summed E-state index contributed by atoms with van der Waals surface area (Å²) in [7, 11) is 3.87. The number of hydrogen-bond donors (Lipinski definition) is 1. The standard InChI is InChI=1S/C20H21ClN2O3/c1-14-4-5-15(12-18(14)21)6-11-20(25)26-13-19(24)22-16-7-9-17(10-8-16)23(2)3/h4-12H,13H2,1-3H3,(H,22,24)/b11-6+. The summed E-state index contributed by atoms with van der Waals surface area (Å²) in [5, 5.41) is 3.30. The smallest absolute Gasteiger partial charge is 0.331 e. The molecule has 0 unspecified atom stereocenters. The number of ether oxygens (including phenoxy) is 1. The van der Waals surface area contributed by atoms with Gasteiger partial charge in [-0.2, -0.15) is 0 Å². The highest BCUT2D eigenvalue weighted by atomic mass is 35.5. The van der Waals surface area contributed by atoms with Crippen molar-refractivity contribution in [2.45, 2.75) is 6.92 Å². The van der Waals surface area contributed by atoms with Crippen LogP contribution < -0.4 is 10.2 Å². The van der Waals surface area contributed by atoms with E-state index in [4.69, 9.17) is 16.3 Å². The third kappa shape index (κ3) is 5.93. The molecule has 1 amide bonds. The van der Waals surface area contributed by atoms with Crippen molar-refractivity contribution in [3.05, 3.63) is 64.7 Å². The fraction of sp³-hybridized carbons (Fsp3) is 0.200. The fourth-order valence-electron chi connectivity index (χ4n) is 2.10. The lowest BCUT2D eigenvalue weighted by molar-refractivity contribution is -0.142. The average Bonchev–Trinajstić information content (AvgIpc) is 2.61. The van der Waals surface area contributed by atoms with Crippen molar-refractivity contribution in [1.82, 2.24) is 0 Å². The van der Waals surface area contributed by atoms with E-state index in [0.717, 1.165) is 16.8 Å². The molecular weight excluding hydrogens is 352 g/mol. The van der Waals surface area contributed by atoms with Crippen molar-refractivity contribution >= 4 is 40.9 Å². The van der Waals surface area contributed by atoms with Crippen molar-refractivity contribution in [3.8, 4) is 0 Å². The molecular formula is C20H21ClN2O3. The molecule has 0 aliphatic rings. The molecule has 2 aromatic rings. The maximum atomic E-state index is 11.9. The van der Waals surface area contributed by atoms with Gasteiger partial charge in [0.2, 0.25) is 0 Å². The quantitative estimate of drug-likeness (QED) is 0.617. The summed E-state index contributed by atoms with van der Waals surface area (Å²) in [6.07, 6.45) is 2.85. The summed E-state index contributed by atoms with van der Waals surface area (Å²) in [4.78, 5) is 25.5. The zero-order valence-corrected chi connectivity index (χ0v) is 15.7. The van der Waals surface area contributed by atoms with Gasteiger partial charge in [0.1, 0.15) is 0 Å². The molecule has 0 spiro atoms. The zero-order chi connectivity index (χ0) is 19.1. The number of nitrogens with one attached hydrogen (secondary N) is 1. The average molecular weight is 373 g/mol. The summed E-state index contributed by atoms with van der Waals surface area (Å²) in [5.74, 6) is -0.998. The number of rotatable bonds is 6. The van der Waals surface area contributed by atoms with E-state index in [0.29, 0.717) is 10.7 Å². The number of halogens is 1. The molecule has 0 saturated carbocycles. The van der Waals surface area contributed by atoms with Crippen LogP contribution in [0.25, 0.3) is 6.08 Å². The van der Waals surface area contributed by atoms with Crippen LogP contribution in [-0.2, 0) is 14.3 Å². The summed E-state index contributed by atoms with van der Waals surface area (Å²) in [6, 6.07) is 12.8. The van der Waals surface area contributed by atoms with Gasteiger partial charge in [0.25, 0.3) is 5.91 Å². The minimum absolute atomic E-state index is 0.354. The molecule has 0 bridgehead atoms. The number of anilines is 2. The minimum atomic E-state index is -0.597. The van der Waals surface area contributed by atoms with Gasteiger partial charge >= 0.3 is 5.97 Å². The molecule has 0 aromatic heterocycles. The Morgan fingerprint density at radius 1 is 1.15 bits per heavy atom. The summed E-state index contributed by atoms with van der Waals surface area (Å²) >= 11 is 6.03. The summed E-state index contributed by atoms with van der Waals surface area (Å²) in [5.41, 5.74) is 3.40. The molecule has 0 fully saturated rings. The number of hydrogen-bond acceptors (Lipinski definition) is 4. The first-order valence-corrected chi connectivity index (χ1v) is 8.41. The Morgan fingerprint density at radius 3 is 2.46 bits per heavy atom. The van der Waals surface area contributed by atoms with Gasteiger partial charge in [-0.05, 0) is 54.5 Å². The van der Waals surface area contributed by atoms with Crippen LogP contribution in [0.15, 0.2) is 48.5 Å². The molecule has 0 radical (unpaired) electrons. The molecule has 5 nitrogen and oxygen atoms in total. The van der Waals surface area contributed by atoms with Gasteiger partial charge in [-0.1, -0.05) is 23.7 Å². The number of aryl methyl sites for hydroxylation is 1. The monoisotopic (exact) mass is 372 g/mol. The third-order valence-corrected chi connectivity index (χ3v) is 4.03. The highest BCUT2D eigenvalue weighted by Crippen LogP contribution is 2.17. The molecule has 136 valence electrons. The Kier molecular flexibility index (Phi) is 6.81. The topological polar surface area (TPSA) is 58.6 Å². The van der Waals surface area contributed by atoms with Gasteiger partial charge in [0, 0.05) is 36.6 Å². The molecule has 6 heteroatoms. The van der Waals surface area contributed by atoms with Crippen LogP contribution in [0, 0.1) is 6.92 Å². The van der Waals surface area contributed by atoms with Gasteiger partial charge < -0.3 is 15.0 Å². The Hall–Kier alpha value is -2.79. The lowest BCUT2D eigenvalue weighted by Gasteiger charge is -2.13. The van der Waals surface area contributed by atoms with Crippen LogP contribution in [0.3, 0.4) is 0 Å². The number of carbonyl (C=O) groups excluding carboxylic acids is 2. The molecule has 0 aliphatic carbocycles. The van der Waals surface area contributed by atoms with E-state index in [-0.39, 0.29) is 6.61 Å². The minimum Gasteiger partial charge on any atom is -0.452 e. The lowest BCUT2D eigenvalue weighted by atomic mass is 10.1.